The molecule has 2 aromatic rings. The van der Waals surface area contributed by atoms with Crippen molar-refractivity contribution in [3.05, 3.63) is 53.6 Å². The van der Waals surface area contributed by atoms with Gasteiger partial charge >= 0.3 is 0 Å². The maximum atomic E-state index is 13.4. The van der Waals surface area contributed by atoms with E-state index in [2.05, 4.69) is 5.32 Å². The zero-order chi connectivity index (χ0) is 19.7. The van der Waals surface area contributed by atoms with Crippen molar-refractivity contribution < 1.29 is 23.1 Å². The van der Waals surface area contributed by atoms with Gasteiger partial charge in [0.1, 0.15) is 5.75 Å². The Balaban J connectivity index is 1.29. The van der Waals surface area contributed by atoms with E-state index in [1.807, 2.05) is 4.90 Å². The van der Waals surface area contributed by atoms with Crippen LogP contribution < -0.4 is 15.0 Å². The van der Waals surface area contributed by atoms with Crippen molar-refractivity contribution in [2.75, 3.05) is 43.0 Å². The Labute approximate surface area is 160 Å². The minimum Gasteiger partial charge on any atom is -0.484 e. The number of hydrogen-bond acceptors (Lipinski definition) is 4. The highest BCUT2D eigenvalue weighted by atomic mass is 19.2. The first-order valence-corrected chi connectivity index (χ1v) is 9.03. The van der Waals surface area contributed by atoms with Gasteiger partial charge in [-0.3, -0.25) is 9.59 Å². The molecule has 0 unspecified atom stereocenters. The zero-order valence-corrected chi connectivity index (χ0v) is 15.1. The van der Waals surface area contributed by atoms with E-state index < -0.39 is 11.6 Å². The zero-order valence-electron chi connectivity index (χ0n) is 15.1. The molecule has 2 amide bonds. The molecule has 1 N–H and O–H groups in total. The first kappa shape index (κ1) is 18.2. The van der Waals surface area contributed by atoms with E-state index in [1.165, 1.54) is 12.1 Å². The van der Waals surface area contributed by atoms with Gasteiger partial charge < -0.3 is 19.9 Å². The van der Waals surface area contributed by atoms with Crippen LogP contribution in [0, 0.1) is 11.6 Å². The van der Waals surface area contributed by atoms with Gasteiger partial charge in [-0.25, -0.2) is 8.78 Å². The fourth-order valence-corrected chi connectivity index (χ4v) is 3.43. The monoisotopic (exact) mass is 387 g/mol. The molecule has 1 saturated heterocycles. The van der Waals surface area contributed by atoms with E-state index in [9.17, 15) is 18.4 Å². The summed E-state index contributed by atoms with van der Waals surface area (Å²) in [5.41, 5.74) is 2.23. The Hall–Kier alpha value is -3.16. The van der Waals surface area contributed by atoms with Crippen LogP contribution in [0.2, 0.25) is 0 Å². The van der Waals surface area contributed by atoms with E-state index in [4.69, 9.17) is 4.74 Å². The minimum atomic E-state index is -0.879. The van der Waals surface area contributed by atoms with Gasteiger partial charge in [0.05, 0.1) is 6.42 Å². The van der Waals surface area contributed by atoms with Crippen LogP contribution in [0.5, 0.6) is 5.75 Å². The number of nitrogens with one attached hydrogen (secondary N) is 1. The first-order valence-electron chi connectivity index (χ1n) is 9.03. The van der Waals surface area contributed by atoms with Gasteiger partial charge in [-0.1, -0.05) is 0 Å². The number of fused-ring (bicyclic) bond motifs is 1. The van der Waals surface area contributed by atoms with E-state index in [0.29, 0.717) is 44.0 Å². The van der Waals surface area contributed by atoms with Crippen molar-refractivity contribution in [2.45, 2.75) is 6.42 Å². The fraction of sp³-hybridized carbons (Fsp3) is 0.300. The maximum absolute atomic E-state index is 13.4. The average molecular weight is 387 g/mol. The minimum absolute atomic E-state index is 0.0536. The summed E-state index contributed by atoms with van der Waals surface area (Å²) in [6.45, 7) is 1.92. The van der Waals surface area contributed by atoms with Gasteiger partial charge in [-0.05, 0) is 35.9 Å². The number of carbonyl (C=O) groups excluding carboxylic acids is 2. The molecule has 28 heavy (non-hydrogen) atoms. The lowest BCUT2D eigenvalue weighted by Gasteiger charge is -2.36. The van der Waals surface area contributed by atoms with Gasteiger partial charge in [-0.2, -0.15) is 0 Å². The molecule has 0 radical (unpaired) electrons. The van der Waals surface area contributed by atoms with Crippen LogP contribution >= 0.6 is 0 Å². The predicted octanol–water partition coefficient (Wildman–Crippen LogP) is 2.19. The number of nitrogens with zero attached hydrogens (tertiary/aromatic N) is 2. The Morgan fingerprint density at radius 1 is 1.04 bits per heavy atom. The molecule has 8 heteroatoms. The third kappa shape index (κ3) is 3.76. The number of hydrogen-bond donors (Lipinski definition) is 1. The quantitative estimate of drug-likeness (QED) is 0.874. The van der Waals surface area contributed by atoms with Crippen molar-refractivity contribution in [3.63, 3.8) is 0 Å². The highest BCUT2D eigenvalue weighted by molar-refractivity contribution is 5.99. The van der Waals surface area contributed by atoms with Crippen LogP contribution in [0.15, 0.2) is 36.4 Å². The summed E-state index contributed by atoms with van der Waals surface area (Å²) in [6, 6.07) is 9.06. The summed E-state index contributed by atoms with van der Waals surface area (Å²) in [5.74, 6) is -1.40. The van der Waals surface area contributed by atoms with Gasteiger partial charge in [0, 0.05) is 43.6 Å². The molecule has 2 aliphatic heterocycles. The number of piperazine rings is 1. The molecule has 1 fully saturated rings. The topological polar surface area (TPSA) is 61.9 Å². The smallest absolute Gasteiger partial charge is 0.260 e. The summed E-state index contributed by atoms with van der Waals surface area (Å²) in [5, 5.41) is 2.75. The van der Waals surface area contributed by atoms with Gasteiger partial charge in [-0.15, -0.1) is 0 Å². The lowest BCUT2D eigenvalue weighted by molar-refractivity contribution is -0.133. The van der Waals surface area contributed by atoms with Crippen molar-refractivity contribution in [1.82, 2.24) is 4.90 Å². The second-order valence-corrected chi connectivity index (χ2v) is 6.80. The van der Waals surface area contributed by atoms with Crippen molar-refractivity contribution in [1.29, 1.82) is 0 Å². The van der Waals surface area contributed by atoms with E-state index >= 15 is 0 Å². The normalized spacial score (nSPS) is 16.0. The molecule has 4 rings (SSSR count). The summed E-state index contributed by atoms with van der Waals surface area (Å²) < 4.78 is 32.1. The van der Waals surface area contributed by atoms with Crippen LogP contribution in [-0.2, 0) is 16.0 Å². The van der Waals surface area contributed by atoms with Crippen LogP contribution in [0.25, 0.3) is 0 Å². The van der Waals surface area contributed by atoms with Crippen molar-refractivity contribution in [2.24, 2.45) is 0 Å². The predicted molar refractivity (Wildman–Crippen MR) is 99.4 cm³/mol. The number of amides is 2. The Bertz CT molecular complexity index is 927. The lowest BCUT2D eigenvalue weighted by atomic mass is 10.1. The Morgan fingerprint density at radius 3 is 2.57 bits per heavy atom. The van der Waals surface area contributed by atoms with Gasteiger partial charge in [0.15, 0.2) is 18.2 Å². The number of benzene rings is 2. The molecule has 0 aliphatic carbocycles. The van der Waals surface area contributed by atoms with Crippen LogP contribution in [0.3, 0.4) is 0 Å². The summed E-state index contributed by atoms with van der Waals surface area (Å²) in [4.78, 5) is 27.4. The second-order valence-electron chi connectivity index (χ2n) is 6.80. The van der Waals surface area contributed by atoms with Crippen molar-refractivity contribution in [3.8, 4) is 5.75 Å². The number of halogens is 2. The molecule has 0 atom stereocenters. The van der Waals surface area contributed by atoms with Gasteiger partial charge in [0.2, 0.25) is 5.91 Å². The first-order chi connectivity index (χ1) is 13.5. The SMILES string of the molecule is O=C1Cc2cc(OCC(=O)N3CCN(c4ccc(F)c(F)c4)CC3)ccc2N1. The van der Waals surface area contributed by atoms with Gasteiger partial charge in [0.25, 0.3) is 5.91 Å². The van der Waals surface area contributed by atoms with E-state index in [0.717, 1.165) is 17.3 Å². The highest BCUT2D eigenvalue weighted by Gasteiger charge is 2.23. The lowest BCUT2D eigenvalue weighted by Crippen LogP contribution is -2.50. The second kappa shape index (κ2) is 7.46. The maximum Gasteiger partial charge on any atom is 0.260 e. The number of carbonyl (C=O) groups is 2. The number of rotatable bonds is 4. The fourth-order valence-electron chi connectivity index (χ4n) is 3.43. The standard InChI is InChI=1S/C20H19F2N3O3/c21-16-3-1-14(11-17(16)22)24-5-7-25(8-6-24)20(27)12-28-15-2-4-18-13(9-15)10-19(26)23-18/h1-4,9,11H,5-8,10,12H2,(H,23,26). The number of ether oxygens (including phenoxy) is 1. The molecule has 0 bridgehead atoms. The molecule has 2 aliphatic rings. The van der Waals surface area contributed by atoms with E-state index in [1.54, 1.807) is 23.1 Å². The third-order valence-electron chi connectivity index (χ3n) is 4.96. The van der Waals surface area contributed by atoms with Crippen LogP contribution in [0.1, 0.15) is 5.56 Å². The Kier molecular flexibility index (Phi) is 4.85. The van der Waals surface area contributed by atoms with Crippen LogP contribution in [-0.4, -0.2) is 49.5 Å². The largest absolute Gasteiger partial charge is 0.484 e. The van der Waals surface area contributed by atoms with Crippen molar-refractivity contribution >= 4 is 23.2 Å². The summed E-state index contributed by atoms with van der Waals surface area (Å²) >= 11 is 0. The molecular formula is C20H19F2N3O3. The highest BCUT2D eigenvalue weighted by Crippen LogP contribution is 2.27. The molecule has 0 aromatic heterocycles. The molecule has 2 aromatic carbocycles. The average Bonchev–Trinajstić information content (AvgIpc) is 3.07. The molecular weight excluding hydrogens is 368 g/mol. The molecule has 0 spiro atoms. The summed E-state index contributed by atoms with van der Waals surface area (Å²) in [7, 11) is 0. The third-order valence-corrected chi connectivity index (χ3v) is 4.96. The molecule has 2 heterocycles. The summed E-state index contributed by atoms with van der Waals surface area (Å²) in [6.07, 6.45) is 0.312. The van der Waals surface area contributed by atoms with Crippen LogP contribution in [0.4, 0.5) is 20.2 Å². The molecule has 146 valence electrons. The van der Waals surface area contributed by atoms with E-state index in [-0.39, 0.29) is 18.4 Å². The molecule has 6 nitrogen and oxygen atoms in total. The number of anilines is 2. The molecule has 0 saturated carbocycles. The Morgan fingerprint density at radius 2 is 1.82 bits per heavy atom.